The van der Waals surface area contributed by atoms with Crippen molar-refractivity contribution in [3.8, 4) is 11.5 Å². The highest BCUT2D eigenvalue weighted by Crippen LogP contribution is 2.40. The van der Waals surface area contributed by atoms with Gasteiger partial charge < -0.3 is 25.4 Å². The van der Waals surface area contributed by atoms with Gasteiger partial charge in [-0.1, -0.05) is 0 Å². The van der Waals surface area contributed by atoms with E-state index in [2.05, 4.69) is 61.1 Å². The maximum Gasteiger partial charge on any atom is 0.221 e. The number of benzene rings is 2. The molecule has 6 nitrogen and oxygen atoms in total. The van der Waals surface area contributed by atoms with Crippen molar-refractivity contribution in [1.29, 1.82) is 0 Å². The number of carbonyl (C=O) groups excluding carboxylic acids is 1. The summed E-state index contributed by atoms with van der Waals surface area (Å²) < 4.78 is 12.7. The Morgan fingerprint density at radius 2 is 1.50 bits per heavy atom. The fourth-order valence-electron chi connectivity index (χ4n) is 2.19. The number of nitrogens with one attached hydrogen (secondary N) is 3. The van der Waals surface area contributed by atoms with Crippen LogP contribution >= 0.6 is 57.4 Å². The van der Waals surface area contributed by atoms with Crippen molar-refractivity contribution < 1.29 is 14.3 Å². The molecule has 0 aliphatic rings. The van der Waals surface area contributed by atoms with Crippen LogP contribution in [0.2, 0.25) is 0 Å². The predicted octanol–water partition coefficient (Wildman–Crippen LogP) is 4.68. The topological polar surface area (TPSA) is 71.6 Å². The average molecular weight is 597 g/mol. The first-order valence-corrected chi connectivity index (χ1v) is 9.98. The van der Waals surface area contributed by atoms with Gasteiger partial charge in [0.1, 0.15) is 9.32 Å². The molecule has 2 aromatic carbocycles. The van der Waals surface area contributed by atoms with Gasteiger partial charge in [0, 0.05) is 18.3 Å². The van der Waals surface area contributed by atoms with Crippen molar-refractivity contribution in [3.63, 3.8) is 0 Å². The van der Waals surface area contributed by atoms with Crippen LogP contribution in [-0.4, -0.2) is 25.2 Å². The molecule has 0 bridgehead atoms. The van der Waals surface area contributed by atoms with E-state index < -0.39 is 0 Å². The summed E-state index contributed by atoms with van der Waals surface area (Å²) in [7, 11) is 3.23. The SMILES string of the molecule is COc1c(I)cc(NC(=S)Nc2ccc(NC(C)=O)cc2)c(OC)c1I. The molecule has 0 unspecified atom stereocenters. The number of ether oxygens (including phenoxy) is 2. The smallest absolute Gasteiger partial charge is 0.221 e. The van der Waals surface area contributed by atoms with Crippen LogP contribution in [0.3, 0.4) is 0 Å². The van der Waals surface area contributed by atoms with Crippen molar-refractivity contribution >= 4 is 85.5 Å². The Morgan fingerprint density at radius 3 is 2.00 bits per heavy atom. The lowest BCUT2D eigenvalue weighted by molar-refractivity contribution is -0.114. The molecule has 0 spiro atoms. The van der Waals surface area contributed by atoms with Crippen LogP contribution in [0.25, 0.3) is 0 Å². The van der Waals surface area contributed by atoms with Crippen molar-refractivity contribution in [3.05, 3.63) is 37.5 Å². The molecule has 3 N–H and O–H groups in total. The maximum absolute atomic E-state index is 11.1. The highest BCUT2D eigenvalue weighted by atomic mass is 127. The Labute approximate surface area is 184 Å². The average Bonchev–Trinajstić information content (AvgIpc) is 2.56. The van der Waals surface area contributed by atoms with Gasteiger partial charge in [0.2, 0.25) is 5.91 Å². The van der Waals surface area contributed by atoms with Crippen LogP contribution in [-0.2, 0) is 4.79 Å². The minimum atomic E-state index is -0.112. The lowest BCUT2D eigenvalue weighted by Gasteiger charge is -2.17. The molecule has 0 radical (unpaired) electrons. The summed E-state index contributed by atoms with van der Waals surface area (Å²) in [5.74, 6) is 1.31. The first-order chi connectivity index (χ1) is 12.3. The summed E-state index contributed by atoms with van der Waals surface area (Å²) >= 11 is 9.78. The molecule has 0 aromatic heterocycles. The molecule has 2 rings (SSSR count). The number of thiocarbonyl (C=S) groups is 1. The third-order valence-electron chi connectivity index (χ3n) is 3.25. The Morgan fingerprint density at radius 1 is 0.962 bits per heavy atom. The van der Waals surface area contributed by atoms with E-state index in [1.165, 1.54) is 6.92 Å². The second-order valence-electron chi connectivity index (χ2n) is 5.12. The molecular formula is C17H17I2N3O3S. The number of methoxy groups -OCH3 is 2. The van der Waals surface area contributed by atoms with Crippen LogP contribution in [0.4, 0.5) is 17.1 Å². The predicted molar refractivity (Wildman–Crippen MR) is 126 cm³/mol. The molecule has 0 heterocycles. The number of anilines is 3. The molecule has 2 aromatic rings. The number of rotatable bonds is 5. The molecule has 0 atom stereocenters. The summed E-state index contributed by atoms with van der Waals surface area (Å²) in [6.45, 7) is 1.47. The van der Waals surface area contributed by atoms with Gasteiger partial charge in [-0.25, -0.2) is 0 Å². The molecule has 26 heavy (non-hydrogen) atoms. The Hall–Kier alpha value is -1.34. The summed E-state index contributed by atoms with van der Waals surface area (Å²) in [5.41, 5.74) is 2.27. The molecule has 0 saturated heterocycles. The highest BCUT2D eigenvalue weighted by Gasteiger charge is 2.17. The molecule has 0 aliphatic heterocycles. The lowest BCUT2D eigenvalue weighted by atomic mass is 10.2. The maximum atomic E-state index is 11.1. The highest BCUT2D eigenvalue weighted by molar-refractivity contribution is 14.1. The number of carbonyl (C=O) groups is 1. The van der Waals surface area contributed by atoms with Gasteiger partial charge in [-0.15, -0.1) is 0 Å². The van der Waals surface area contributed by atoms with Gasteiger partial charge in [0.05, 0.1) is 23.5 Å². The van der Waals surface area contributed by atoms with E-state index in [4.69, 9.17) is 21.7 Å². The van der Waals surface area contributed by atoms with Crippen molar-refractivity contribution in [2.24, 2.45) is 0 Å². The largest absolute Gasteiger partial charge is 0.494 e. The van der Waals surface area contributed by atoms with E-state index in [1.807, 2.05) is 18.2 Å². The van der Waals surface area contributed by atoms with Gasteiger partial charge in [-0.3, -0.25) is 4.79 Å². The number of hydrogen-bond acceptors (Lipinski definition) is 4. The zero-order valence-corrected chi connectivity index (χ0v) is 19.4. The van der Waals surface area contributed by atoms with Gasteiger partial charge in [0.25, 0.3) is 0 Å². The van der Waals surface area contributed by atoms with Crippen LogP contribution in [0, 0.1) is 7.14 Å². The van der Waals surface area contributed by atoms with Crippen LogP contribution in [0.1, 0.15) is 6.92 Å². The number of hydrogen-bond donors (Lipinski definition) is 3. The van der Waals surface area contributed by atoms with E-state index in [9.17, 15) is 4.79 Å². The molecule has 0 saturated carbocycles. The monoisotopic (exact) mass is 597 g/mol. The zero-order chi connectivity index (χ0) is 19.3. The summed E-state index contributed by atoms with van der Waals surface area (Å²) in [5, 5.41) is 9.40. The lowest BCUT2D eigenvalue weighted by Crippen LogP contribution is -2.20. The van der Waals surface area contributed by atoms with Gasteiger partial charge in [0.15, 0.2) is 10.9 Å². The van der Waals surface area contributed by atoms with Gasteiger partial charge in [-0.2, -0.15) is 0 Å². The van der Waals surface area contributed by atoms with E-state index in [1.54, 1.807) is 26.4 Å². The van der Waals surface area contributed by atoms with Crippen molar-refractivity contribution in [2.45, 2.75) is 6.92 Å². The van der Waals surface area contributed by atoms with Crippen LogP contribution < -0.4 is 25.4 Å². The van der Waals surface area contributed by atoms with E-state index in [0.29, 0.717) is 10.9 Å². The van der Waals surface area contributed by atoms with Crippen LogP contribution in [0.15, 0.2) is 30.3 Å². The fourth-order valence-corrected chi connectivity index (χ4v) is 4.75. The normalized spacial score (nSPS) is 10.0. The van der Waals surface area contributed by atoms with E-state index in [-0.39, 0.29) is 5.91 Å². The van der Waals surface area contributed by atoms with Crippen molar-refractivity contribution in [1.82, 2.24) is 0 Å². The number of amides is 1. The Balaban J connectivity index is 2.14. The second kappa shape index (κ2) is 9.55. The standard InChI is InChI=1S/C17H17I2N3O3S/c1-9(23)20-10-4-6-11(7-5-10)21-17(26)22-13-8-12(18)15(24-2)14(19)16(13)25-3/h4-8H,1-3H3,(H,20,23)(H2,21,22,26). The molecular weight excluding hydrogens is 580 g/mol. The molecule has 138 valence electrons. The molecule has 0 fully saturated rings. The first-order valence-electron chi connectivity index (χ1n) is 7.41. The summed E-state index contributed by atoms with van der Waals surface area (Å²) in [4.78, 5) is 11.1. The Bertz CT molecular complexity index is 829. The van der Waals surface area contributed by atoms with E-state index in [0.717, 1.165) is 30.0 Å². The zero-order valence-electron chi connectivity index (χ0n) is 14.3. The first kappa shape index (κ1) is 21.0. The Kier molecular flexibility index (Phi) is 7.70. The van der Waals surface area contributed by atoms with Crippen molar-refractivity contribution in [2.75, 3.05) is 30.2 Å². The minimum absolute atomic E-state index is 0.112. The van der Waals surface area contributed by atoms with Gasteiger partial charge >= 0.3 is 0 Å². The minimum Gasteiger partial charge on any atom is -0.494 e. The second-order valence-corrected chi connectivity index (χ2v) is 7.77. The third kappa shape index (κ3) is 5.33. The summed E-state index contributed by atoms with van der Waals surface area (Å²) in [6, 6.07) is 9.17. The van der Waals surface area contributed by atoms with Crippen LogP contribution in [0.5, 0.6) is 11.5 Å². The quantitative estimate of drug-likeness (QED) is 0.344. The molecule has 1 amide bonds. The van der Waals surface area contributed by atoms with Gasteiger partial charge in [-0.05, 0) is 87.7 Å². The molecule has 0 aliphatic carbocycles. The summed E-state index contributed by atoms with van der Waals surface area (Å²) in [6.07, 6.45) is 0. The van der Waals surface area contributed by atoms with E-state index >= 15 is 0 Å². The third-order valence-corrected chi connectivity index (χ3v) is 5.24. The molecule has 9 heteroatoms. The fraction of sp³-hybridized carbons (Fsp3) is 0.176. The number of halogens is 2.